The Morgan fingerprint density at radius 1 is 1.03 bits per heavy atom. The van der Waals surface area contributed by atoms with Crippen molar-refractivity contribution < 1.29 is 19.1 Å². The number of carbonyl (C=O) groups is 2. The molecular formula is C23H31ClN2O4. The van der Waals surface area contributed by atoms with Gasteiger partial charge >= 0.3 is 0 Å². The van der Waals surface area contributed by atoms with Gasteiger partial charge in [-0.1, -0.05) is 37.1 Å². The van der Waals surface area contributed by atoms with Crippen LogP contribution in [-0.2, 0) is 19.1 Å². The van der Waals surface area contributed by atoms with Crippen LogP contribution in [0.15, 0.2) is 30.0 Å². The van der Waals surface area contributed by atoms with Crippen LogP contribution in [0.4, 0.5) is 0 Å². The lowest BCUT2D eigenvalue weighted by atomic mass is 10.0. The molecule has 0 aromatic heterocycles. The molecule has 0 saturated carbocycles. The molecule has 164 valence electrons. The third-order valence-electron chi connectivity index (χ3n) is 5.32. The highest BCUT2D eigenvalue weighted by molar-refractivity contribution is 6.36. The van der Waals surface area contributed by atoms with Gasteiger partial charge in [-0.15, -0.1) is 0 Å². The van der Waals surface area contributed by atoms with Gasteiger partial charge in [0, 0.05) is 37.9 Å². The minimum atomic E-state index is -0.252. The van der Waals surface area contributed by atoms with Crippen molar-refractivity contribution in [3.8, 4) is 0 Å². The van der Waals surface area contributed by atoms with Crippen LogP contribution >= 0.6 is 11.6 Å². The zero-order valence-corrected chi connectivity index (χ0v) is 18.8. The van der Waals surface area contributed by atoms with Crippen molar-refractivity contribution in [2.75, 3.05) is 32.8 Å². The summed E-state index contributed by atoms with van der Waals surface area (Å²) in [6.07, 6.45) is 2.69. The average molecular weight is 435 g/mol. The molecule has 0 bridgehead atoms. The van der Waals surface area contributed by atoms with Crippen LogP contribution in [-0.4, -0.2) is 66.7 Å². The van der Waals surface area contributed by atoms with E-state index in [2.05, 4.69) is 6.92 Å². The zero-order valence-electron chi connectivity index (χ0n) is 18.0. The number of halogens is 1. The standard InChI is InChI=1S/C23H31ClN2O4/c1-4-5-12-29-13-6-11-26-22(27)20(18-7-9-19(24)10-8-18)21(23(26)28)25-14-16(2)30-17(3)15-25/h7-10,16-17H,4-6,11-15H2,1-3H3. The van der Waals surface area contributed by atoms with E-state index in [1.165, 1.54) is 4.90 Å². The van der Waals surface area contributed by atoms with Crippen molar-refractivity contribution in [3.05, 3.63) is 40.5 Å². The summed E-state index contributed by atoms with van der Waals surface area (Å²) in [7, 11) is 0. The van der Waals surface area contributed by atoms with E-state index >= 15 is 0 Å². The molecule has 1 aromatic carbocycles. The van der Waals surface area contributed by atoms with Crippen LogP contribution in [0.5, 0.6) is 0 Å². The van der Waals surface area contributed by atoms with E-state index in [-0.39, 0.29) is 24.0 Å². The van der Waals surface area contributed by atoms with Crippen molar-refractivity contribution >= 4 is 29.0 Å². The Labute approximate surface area is 183 Å². The highest BCUT2D eigenvalue weighted by atomic mass is 35.5. The second kappa shape index (κ2) is 10.4. The summed E-state index contributed by atoms with van der Waals surface area (Å²) in [6.45, 7) is 8.82. The number of nitrogens with zero attached hydrogens (tertiary/aromatic N) is 2. The van der Waals surface area contributed by atoms with Crippen molar-refractivity contribution in [1.29, 1.82) is 0 Å². The van der Waals surface area contributed by atoms with Gasteiger partial charge in [-0.3, -0.25) is 14.5 Å². The summed E-state index contributed by atoms with van der Waals surface area (Å²) in [5, 5.41) is 0.590. The van der Waals surface area contributed by atoms with Gasteiger partial charge in [0.25, 0.3) is 11.8 Å². The molecule has 2 amide bonds. The predicted molar refractivity (Wildman–Crippen MR) is 117 cm³/mol. The van der Waals surface area contributed by atoms with E-state index in [1.807, 2.05) is 18.7 Å². The van der Waals surface area contributed by atoms with Crippen molar-refractivity contribution in [2.45, 2.75) is 52.2 Å². The van der Waals surface area contributed by atoms with Gasteiger partial charge < -0.3 is 14.4 Å². The summed E-state index contributed by atoms with van der Waals surface area (Å²) < 4.78 is 11.4. The molecule has 3 rings (SSSR count). The summed E-state index contributed by atoms with van der Waals surface area (Å²) in [5.74, 6) is -0.488. The largest absolute Gasteiger partial charge is 0.381 e. The first kappa shape index (κ1) is 22.8. The fourth-order valence-electron chi connectivity index (χ4n) is 3.97. The highest BCUT2D eigenvalue weighted by Gasteiger charge is 2.42. The van der Waals surface area contributed by atoms with Gasteiger partial charge in [0.15, 0.2) is 0 Å². The Balaban J connectivity index is 1.83. The first-order valence-electron chi connectivity index (χ1n) is 10.8. The normalized spacial score (nSPS) is 22.4. The lowest BCUT2D eigenvalue weighted by molar-refractivity contribution is -0.138. The van der Waals surface area contributed by atoms with Crippen LogP contribution in [0.3, 0.4) is 0 Å². The van der Waals surface area contributed by atoms with E-state index in [4.69, 9.17) is 21.1 Å². The van der Waals surface area contributed by atoms with E-state index in [9.17, 15) is 9.59 Å². The highest BCUT2D eigenvalue weighted by Crippen LogP contribution is 2.33. The summed E-state index contributed by atoms with van der Waals surface area (Å²) >= 11 is 6.04. The van der Waals surface area contributed by atoms with Gasteiger partial charge in [-0.25, -0.2) is 0 Å². The van der Waals surface area contributed by atoms with Gasteiger partial charge in [-0.2, -0.15) is 0 Å². The summed E-state index contributed by atoms with van der Waals surface area (Å²) in [6, 6.07) is 7.09. The fourth-order valence-corrected chi connectivity index (χ4v) is 4.10. The molecule has 2 unspecified atom stereocenters. The van der Waals surface area contributed by atoms with Crippen LogP contribution in [0.1, 0.15) is 45.6 Å². The fraction of sp³-hybridized carbons (Fsp3) is 0.565. The molecule has 2 aliphatic heterocycles. The minimum Gasteiger partial charge on any atom is -0.381 e. The SMILES string of the molecule is CCCCOCCCN1C(=O)C(c2ccc(Cl)cc2)=C(N2CC(C)OC(C)C2)C1=O. The van der Waals surface area contributed by atoms with Crippen LogP contribution in [0, 0.1) is 0 Å². The first-order chi connectivity index (χ1) is 14.4. The maximum atomic E-state index is 13.3. The van der Waals surface area contributed by atoms with Crippen LogP contribution in [0.2, 0.25) is 5.02 Å². The molecule has 6 nitrogen and oxygen atoms in total. The molecule has 2 aliphatic rings. The van der Waals surface area contributed by atoms with Gasteiger partial charge in [-0.05, 0) is 44.4 Å². The van der Waals surface area contributed by atoms with E-state index in [0.717, 1.165) is 12.8 Å². The van der Waals surface area contributed by atoms with Crippen molar-refractivity contribution in [3.63, 3.8) is 0 Å². The molecule has 30 heavy (non-hydrogen) atoms. The number of carbonyl (C=O) groups excluding carboxylic acids is 2. The monoisotopic (exact) mass is 434 g/mol. The number of morpholine rings is 1. The maximum absolute atomic E-state index is 13.3. The van der Waals surface area contributed by atoms with Gasteiger partial charge in [0.1, 0.15) is 5.70 Å². The van der Waals surface area contributed by atoms with Gasteiger partial charge in [0.05, 0.1) is 17.8 Å². The third-order valence-corrected chi connectivity index (χ3v) is 5.58. The molecule has 2 atom stereocenters. The third kappa shape index (κ3) is 5.23. The van der Waals surface area contributed by atoms with Crippen molar-refractivity contribution in [1.82, 2.24) is 9.80 Å². The predicted octanol–water partition coefficient (Wildman–Crippen LogP) is 3.74. The maximum Gasteiger partial charge on any atom is 0.277 e. The van der Waals surface area contributed by atoms with E-state index in [1.54, 1.807) is 24.3 Å². The molecule has 1 fully saturated rings. The summed E-state index contributed by atoms with van der Waals surface area (Å²) in [5.41, 5.74) is 1.63. The smallest absolute Gasteiger partial charge is 0.277 e. The second-order valence-electron chi connectivity index (χ2n) is 7.97. The molecule has 0 N–H and O–H groups in total. The van der Waals surface area contributed by atoms with Crippen molar-refractivity contribution in [2.24, 2.45) is 0 Å². The van der Waals surface area contributed by atoms with E-state index < -0.39 is 0 Å². The molecule has 0 radical (unpaired) electrons. The molecule has 7 heteroatoms. The quantitative estimate of drug-likeness (QED) is 0.437. The number of ether oxygens (including phenoxy) is 2. The molecular weight excluding hydrogens is 404 g/mol. The Morgan fingerprint density at radius 2 is 1.67 bits per heavy atom. The Bertz CT molecular complexity index is 783. The Morgan fingerprint density at radius 3 is 2.30 bits per heavy atom. The number of benzene rings is 1. The molecule has 0 spiro atoms. The van der Waals surface area contributed by atoms with E-state index in [0.29, 0.717) is 61.1 Å². The first-order valence-corrected chi connectivity index (χ1v) is 11.1. The zero-order chi connectivity index (χ0) is 21.7. The van der Waals surface area contributed by atoms with Gasteiger partial charge in [0.2, 0.25) is 0 Å². The number of rotatable bonds is 9. The molecule has 2 heterocycles. The topological polar surface area (TPSA) is 59.1 Å². The Hall–Kier alpha value is -1.89. The summed E-state index contributed by atoms with van der Waals surface area (Å²) in [4.78, 5) is 30.0. The number of hydrogen-bond donors (Lipinski definition) is 0. The average Bonchev–Trinajstić information content (AvgIpc) is 2.95. The van der Waals surface area contributed by atoms with Crippen LogP contribution in [0.25, 0.3) is 5.57 Å². The minimum absolute atomic E-state index is 0.0170. The number of hydrogen-bond acceptors (Lipinski definition) is 5. The lowest BCUT2D eigenvalue weighted by Crippen LogP contribution is -2.47. The molecule has 1 aromatic rings. The molecule has 1 saturated heterocycles. The number of unbranched alkanes of at least 4 members (excludes halogenated alkanes) is 1. The lowest BCUT2D eigenvalue weighted by Gasteiger charge is -2.37. The van der Waals surface area contributed by atoms with Crippen LogP contribution < -0.4 is 0 Å². The Kier molecular flexibility index (Phi) is 7.92. The number of imide groups is 1. The number of amides is 2. The second-order valence-corrected chi connectivity index (χ2v) is 8.41. The molecule has 0 aliphatic carbocycles.